The highest BCUT2D eigenvalue weighted by atomic mass is 16.6. The van der Waals surface area contributed by atoms with Crippen molar-refractivity contribution < 1.29 is 19.0 Å². The summed E-state index contributed by atoms with van der Waals surface area (Å²) in [7, 11) is 0. The van der Waals surface area contributed by atoms with Gasteiger partial charge in [-0.25, -0.2) is 0 Å². The number of Topliss-reactive ketones (excluding diaryl/α,β-unsaturated/α-hetero) is 1. The summed E-state index contributed by atoms with van der Waals surface area (Å²) in [5.74, 6) is 1.17. The number of ketones is 1. The molecule has 0 bridgehead atoms. The maximum absolute atomic E-state index is 12.8. The number of carbonyl (C=O) groups excluding carboxylic acids is 1. The maximum Gasteiger partial charge on any atom is 0.139 e. The van der Waals surface area contributed by atoms with Gasteiger partial charge < -0.3 is 14.2 Å². The van der Waals surface area contributed by atoms with Crippen molar-refractivity contribution in [3.63, 3.8) is 0 Å². The monoisotopic (exact) mass is 268 g/mol. The second-order valence-corrected chi connectivity index (χ2v) is 6.37. The minimum Gasteiger partial charge on any atom is -0.381 e. The number of ether oxygens (including phenoxy) is 3. The van der Waals surface area contributed by atoms with E-state index < -0.39 is 0 Å². The molecule has 3 fully saturated rings. The molecule has 108 valence electrons. The zero-order valence-corrected chi connectivity index (χ0v) is 11.7. The molecule has 0 aliphatic carbocycles. The van der Waals surface area contributed by atoms with Gasteiger partial charge in [-0.2, -0.15) is 0 Å². The van der Waals surface area contributed by atoms with Crippen molar-refractivity contribution in [1.82, 2.24) is 0 Å². The van der Waals surface area contributed by atoms with Crippen molar-refractivity contribution in [2.45, 2.75) is 38.2 Å². The maximum atomic E-state index is 12.8. The first-order chi connectivity index (χ1) is 9.20. The van der Waals surface area contributed by atoms with Crippen LogP contribution >= 0.6 is 0 Å². The van der Waals surface area contributed by atoms with Crippen molar-refractivity contribution in [2.24, 2.45) is 17.8 Å². The summed E-state index contributed by atoms with van der Waals surface area (Å²) < 4.78 is 16.8. The standard InChI is InChI=1S/C15H24O4/c1-11-9-17-5-3-13(11)14(16)12-2-6-19-15(8-12)4-7-18-10-15/h11-13H,2-10H2,1H3. The molecule has 0 aromatic carbocycles. The predicted octanol–water partition coefficient (Wildman–Crippen LogP) is 1.81. The van der Waals surface area contributed by atoms with Crippen LogP contribution in [0.3, 0.4) is 0 Å². The lowest BCUT2D eigenvalue weighted by Gasteiger charge is -2.39. The van der Waals surface area contributed by atoms with Gasteiger partial charge in [-0.1, -0.05) is 6.92 Å². The van der Waals surface area contributed by atoms with E-state index in [0.29, 0.717) is 24.9 Å². The molecular weight excluding hydrogens is 244 g/mol. The summed E-state index contributed by atoms with van der Waals surface area (Å²) in [6, 6.07) is 0. The minimum atomic E-state index is -0.160. The van der Waals surface area contributed by atoms with E-state index in [4.69, 9.17) is 14.2 Å². The van der Waals surface area contributed by atoms with Gasteiger partial charge in [-0.15, -0.1) is 0 Å². The predicted molar refractivity (Wildman–Crippen MR) is 69.9 cm³/mol. The third kappa shape index (κ3) is 2.71. The van der Waals surface area contributed by atoms with E-state index in [2.05, 4.69) is 6.92 Å². The first-order valence-electron chi connectivity index (χ1n) is 7.53. The van der Waals surface area contributed by atoms with Crippen molar-refractivity contribution in [3.8, 4) is 0 Å². The molecule has 3 aliphatic heterocycles. The van der Waals surface area contributed by atoms with E-state index in [0.717, 1.165) is 45.5 Å². The number of hydrogen-bond donors (Lipinski definition) is 0. The van der Waals surface area contributed by atoms with E-state index in [-0.39, 0.29) is 17.4 Å². The lowest BCUT2D eigenvalue weighted by atomic mass is 9.75. The molecule has 3 rings (SSSR count). The second-order valence-electron chi connectivity index (χ2n) is 6.37. The summed E-state index contributed by atoms with van der Waals surface area (Å²) in [5.41, 5.74) is -0.160. The van der Waals surface area contributed by atoms with E-state index >= 15 is 0 Å². The van der Waals surface area contributed by atoms with Crippen LogP contribution in [0.4, 0.5) is 0 Å². The van der Waals surface area contributed by atoms with Crippen LogP contribution in [0.5, 0.6) is 0 Å². The van der Waals surface area contributed by atoms with Crippen LogP contribution in [-0.2, 0) is 19.0 Å². The zero-order chi connectivity index (χ0) is 13.3. The molecule has 0 N–H and O–H groups in total. The molecule has 1 spiro atoms. The average molecular weight is 268 g/mol. The molecule has 3 heterocycles. The number of carbonyl (C=O) groups is 1. The molecule has 0 saturated carbocycles. The van der Waals surface area contributed by atoms with Gasteiger partial charge in [0, 0.05) is 44.7 Å². The highest BCUT2D eigenvalue weighted by Crippen LogP contribution is 2.38. The lowest BCUT2D eigenvalue weighted by Crippen LogP contribution is -2.45. The number of rotatable bonds is 2. The quantitative estimate of drug-likeness (QED) is 0.766. The first kappa shape index (κ1) is 13.5. The topological polar surface area (TPSA) is 44.8 Å². The van der Waals surface area contributed by atoms with E-state index in [9.17, 15) is 4.79 Å². The molecule has 4 nitrogen and oxygen atoms in total. The fraction of sp³-hybridized carbons (Fsp3) is 0.933. The average Bonchev–Trinajstić information content (AvgIpc) is 2.86. The van der Waals surface area contributed by atoms with E-state index in [1.807, 2.05) is 0 Å². The third-order valence-corrected chi connectivity index (χ3v) is 4.97. The van der Waals surface area contributed by atoms with Crippen LogP contribution in [0, 0.1) is 17.8 Å². The Hall–Kier alpha value is -0.450. The Kier molecular flexibility index (Phi) is 3.92. The molecule has 0 amide bonds. The van der Waals surface area contributed by atoms with Crippen LogP contribution in [-0.4, -0.2) is 44.4 Å². The van der Waals surface area contributed by atoms with Gasteiger partial charge in [0.1, 0.15) is 5.78 Å². The van der Waals surface area contributed by atoms with Gasteiger partial charge in [0.05, 0.1) is 12.2 Å². The summed E-state index contributed by atoms with van der Waals surface area (Å²) in [6.45, 7) is 5.74. The molecule has 0 aromatic heterocycles. The van der Waals surface area contributed by atoms with Crippen LogP contribution in [0.15, 0.2) is 0 Å². The highest BCUT2D eigenvalue weighted by molar-refractivity contribution is 5.84. The lowest BCUT2D eigenvalue weighted by molar-refractivity contribution is -0.145. The van der Waals surface area contributed by atoms with Gasteiger partial charge in [0.15, 0.2) is 0 Å². The Morgan fingerprint density at radius 1 is 1.16 bits per heavy atom. The normalized spacial score (nSPS) is 43.5. The Morgan fingerprint density at radius 2 is 2.05 bits per heavy atom. The van der Waals surface area contributed by atoms with Crippen molar-refractivity contribution in [2.75, 3.05) is 33.0 Å². The SMILES string of the molecule is CC1COCCC1C(=O)C1CCOC2(CCOC2)C1. The van der Waals surface area contributed by atoms with Gasteiger partial charge in [-0.3, -0.25) is 4.79 Å². The zero-order valence-electron chi connectivity index (χ0n) is 11.7. The molecule has 3 aliphatic rings. The summed E-state index contributed by atoms with van der Waals surface area (Å²) in [6.07, 6.45) is 3.57. The largest absolute Gasteiger partial charge is 0.381 e. The summed E-state index contributed by atoms with van der Waals surface area (Å²) >= 11 is 0. The molecule has 0 aromatic rings. The van der Waals surface area contributed by atoms with Crippen molar-refractivity contribution in [3.05, 3.63) is 0 Å². The van der Waals surface area contributed by atoms with Crippen LogP contribution in [0.2, 0.25) is 0 Å². The molecule has 3 saturated heterocycles. The third-order valence-electron chi connectivity index (χ3n) is 4.97. The highest BCUT2D eigenvalue weighted by Gasteiger charge is 2.44. The van der Waals surface area contributed by atoms with Gasteiger partial charge in [-0.05, 0) is 25.2 Å². The molecule has 0 radical (unpaired) electrons. The molecule has 4 atom stereocenters. The Balaban J connectivity index is 1.65. The Morgan fingerprint density at radius 3 is 2.79 bits per heavy atom. The van der Waals surface area contributed by atoms with E-state index in [1.165, 1.54) is 0 Å². The molecule has 19 heavy (non-hydrogen) atoms. The summed E-state index contributed by atoms with van der Waals surface area (Å²) in [4.78, 5) is 12.8. The van der Waals surface area contributed by atoms with E-state index in [1.54, 1.807) is 0 Å². The van der Waals surface area contributed by atoms with Crippen molar-refractivity contribution in [1.29, 1.82) is 0 Å². The summed E-state index contributed by atoms with van der Waals surface area (Å²) in [5, 5.41) is 0. The fourth-order valence-electron chi connectivity index (χ4n) is 3.74. The minimum absolute atomic E-state index is 0.160. The molecule has 4 heteroatoms. The Labute approximate surface area is 114 Å². The molecular formula is C15H24O4. The van der Waals surface area contributed by atoms with Crippen molar-refractivity contribution >= 4 is 5.78 Å². The molecule has 4 unspecified atom stereocenters. The van der Waals surface area contributed by atoms with Gasteiger partial charge >= 0.3 is 0 Å². The number of hydrogen-bond acceptors (Lipinski definition) is 4. The first-order valence-corrected chi connectivity index (χ1v) is 7.53. The van der Waals surface area contributed by atoms with Gasteiger partial charge in [0.25, 0.3) is 0 Å². The van der Waals surface area contributed by atoms with Crippen LogP contribution < -0.4 is 0 Å². The fourth-order valence-corrected chi connectivity index (χ4v) is 3.74. The Bertz CT molecular complexity index is 335. The van der Waals surface area contributed by atoms with Crippen LogP contribution in [0.25, 0.3) is 0 Å². The van der Waals surface area contributed by atoms with Gasteiger partial charge in [0.2, 0.25) is 0 Å². The van der Waals surface area contributed by atoms with Crippen LogP contribution in [0.1, 0.15) is 32.6 Å². The second kappa shape index (κ2) is 5.51. The smallest absolute Gasteiger partial charge is 0.139 e.